The van der Waals surface area contributed by atoms with Gasteiger partial charge in [0.05, 0.1) is 0 Å². The minimum absolute atomic E-state index is 1.31. The SMILES string of the molecule is CC.CC.c1ccc2ccccc2c1.c1ccccc1. The Hall–Kier alpha value is -2.08. The Kier molecular flexibility index (Phi) is 12.0. The molecule has 0 fully saturated rings. The summed E-state index contributed by atoms with van der Waals surface area (Å²) in [6.45, 7) is 8.00. The Bertz CT molecular complexity index is 434. The van der Waals surface area contributed by atoms with Crippen molar-refractivity contribution in [1.82, 2.24) is 0 Å². The highest BCUT2D eigenvalue weighted by Crippen LogP contribution is 2.11. The van der Waals surface area contributed by atoms with Gasteiger partial charge < -0.3 is 0 Å². The van der Waals surface area contributed by atoms with E-state index in [9.17, 15) is 0 Å². The van der Waals surface area contributed by atoms with Gasteiger partial charge in [0, 0.05) is 0 Å². The van der Waals surface area contributed by atoms with Gasteiger partial charge in [0.1, 0.15) is 0 Å². The molecule has 3 aromatic carbocycles. The highest BCUT2D eigenvalue weighted by molar-refractivity contribution is 5.81. The van der Waals surface area contributed by atoms with Crippen LogP contribution in [0.3, 0.4) is 0 Å². The molecule has 0 radical (unpaired) electrons. The Morgan fingerprint density at radius 2 is 0.550 bits per heavy atom. The molecular weight excluding hydrogens is 240 g/mol. The van der Waals surface area contributed by atoms with E-state index in [-0.39, 0.29) is 0 Å². The molecule has 0 aliphatic carbocycles. The van der Waals surface area contributed by atoms with E-state index < -0.39 is 0 Å². The van der Waals surface area contributed by atoms with Gasteiger partial charge in [-0.05, 0) is 10.8 Å². The lowest BCUT2D eigenvalue weighted by Crippen LogP contribution is -1.67. The quantitative estimate of drug-likeness (QED) is 0.431. The lowest BCUT2D eigenvalue weighted by Gasteiger charge is -1.92. The summed E-state index contributed by atoms with van der Waals surface area (Å²) in [5.41, 5.74) is 0. The van der Waals surface area contributed by atoms with Crippen LogP contribution < -0.4 is 0 Å². The monoisotopic (exact) mass is 266 g/mol. The van der Waals surface area contributed by atoms with Crippen LogP contribution >= 0.6 is 0 Å². The van der Waals surface area contributed by atoms with Gasteiger partial charge in [-0.15, -0.1) is 0 Å². The lowest BCUT2D eigenvalue weighted by atomic mass is 10.1. The van der Waals surface area contributed by atoms with E-state index in [0.29, 0.717) is 0 Å². The Labute approximate surface area is 124 Å². The summed E-state index contributed by atoms with van der Waals surface area (Å²) in [4.78, 5) is 0. The first kappa shape index (κ1) is 17.9. The van der Waals surface area contributed by atoms with Crippen LogP contribution in [0.1, 0.15) is 27.7 Å². The van der Waals surface area contributed by atoms with Gasteiger partial charge >= 0.3 is 0 Å². The highest BCUT2D eigenvalue weighted by Gasteiger charge is 1.85. The topological polar surface area (TPSA) is 0 Å². The first-order valence-corrected chi connectivity index (χ1v) is 7.40. The predicted molar refractivity (Wildman–Crippen MR) is 93.1 cm³/mol. The van der Waals surface area contributed by atoms with Crippen LogP contribution in [0.2, 0.25) is 0 Å². The fourth-order valence-corrected chi connectivity index (χ4v) is 1.52. The maximum Gasteiger partial charge on any atom is -0.0184 e. The zero-order valence-electron chi connectivity index (χ0n) is 13.1. The lowest BCUT2D eigenvalue weighted by molar-refractivity contribution is 1.50. The number of rotatable bonds is 0. The number of hydrogen-bond donors (Lipinski definition) is 0. The standard InChI is InChI=1S/C10H8.C6H6.2C2H6/c1-2-6-10-8-4-3-7-9(10)5-1;1-2-4-6-5-3-1;2*1-2/h1-8H;1-6H;2*1-2H3. The molecule has 3 aromatic rings. The van der Waals surface area contributed by atoms with Crippen LogP contribution in [0, 0.1) is 0 Å². The van der Waals surface area contributed by atoms with E-state index in [2.05, 4.69) is 48.5 Å². The summed E-state index contributed by atoms with van der Waals surface area (Å²) in [5.74, 6) is 0. The molecule has 0 nitrogen and oxygen atoms in total. The minimum Gasteiger partial charge on any atom is -0.0683 e. The molecule has 106 valence electrons. The maximum absolute atomic E-state index is 2.12. The van der Waals surface area contributed by atoms with Crippen molar-refractivity contribution in [3.63, 3.8) is 0 Å². The fourth-order valence-electron chi connectivity index (χ4n) is 1.52. The van der Waals surface area contributed by atoms with Crippen LogP contribution in [0.4, 0.5) is 0 Å². The molecule has 0 heteroatoms. The normalized spacial score (nSPS) is 8.00. The number of hydrogen-bond acceptors (Lipinski definition) is 0. The smallest absolute Gasteiger partial charge is 0.0184 e. The van der Waals surface area contributed by atoms with Crippen LogP contribution in [0.15, 0.2) is 84.9 Å². The van der Waals surface area contributed by atoms with E-state index in [0.717, 1.165) is 0 Å². The van der Waals surface area contributed by atoms with Crippen molar-refractivity contribution in [3.8, 4) is 0 Å². The van der Waals surface area contributed by atoms with Crippen molar-refractivity contribution in [2.45, 2.75) is 27.7 Å². The van der Waals surface area contributed by atoms with Crippen LogP contribution in [0.5, 0.6) is 0 Å². The second-order valence-corrected chi connectivity index (χ2v) is 3.50. The molecule has 20 heavy (non-hydrogen) atoms. The van der Waals surface area contributed by atoms with E-state index in [1.807, 2.05) is 64.1 Å². The van der Waals surface area contributed by atoms with Crippen molar-refractivity contribution in [2.75, 3.05) is 0 Å². The summed E-state index contributed by atoms with van der Waals surface area (Å²) < 4.78 is 0. The van der Waals surface area contributed by atoms with Crippen molar-refractivity contribution in [2.24, 2.45) is 0 Å². The second-order valence-electron chi connectivity index (χ2n) is 3.50. The molecule has 0 saturated carbocycles. The molecular formula is C20H26. The summed E-state index contributed by atoms with van der Waals surface area (Å²) >= 11 is 0. The average molecular weight is 266 g/mol. The highest BCUT2D eigenvalue weighted by atomic mass is 13.9. The van der Waals surface area contributed by atoms with Gasteiger partial charge in [0.2, 0.25) is 0 Å². The molecule has 0 N–H and O–H groups in total. The Balaban J connectivity index is 0.000000312. The Morgan fingerprint density at radius 3 is 0.750 bits per heavy atom. The number of fused-ring (bicyclic) bond motifs is 1. The van der Waals surface area contributed by atoms with Crippen LogP contribution in [-0.4, -0.2) is 0 Å². The van der Waals surface area contributed by atoms with Crippen LogP contribution in [0.25, 0.3) is 10.8 Å². The molecule has 0 aliphatic heterocycles. The summed E-state index contributed by atoms with van der Waals surface area (Å²) in [6, 6.07) is 28.7. The predicted octanol–water partition coefficient (Wildman–Crippen LogP) is 6.58. The van der Waals surface area contributed by atoms with Crippen molar-refractivity contribution >= 4 is 10.8 Å². The zero-order chi connectivity index (χ0) is 15.1. The molecule has 0 aliphatic rings. The first-order chi connectivity index (χ1) is 9.97. The van der Waals surface area contributed by atoms with Gasteiger partial charge in [-0.2, -0.15) is 0 Å². The third-order valence-corrected chi connectivity index (χ3v) is 2.33. The van der Waals surface area contributed by atoms with Gasteiger partial charge in [0.25, 0.3) is 0 Å². The Morgan fingerprint density at radius 1 is 0.350 bits per heavy atom. The van der Waals surface area contributed by atoms with E-state index >= 15 is 0 Å². The molecule has 0 bridgehead atoms. The largest absolute Gasteiger partial charge is 0.0683 e. The average Bonchev–Trinajstić information content (AvgIpc) is 2.61. The molecule has 0 amide bonds. The molecule has 0 heterocycles. The summed E-state index contributed by atoms with van der Waals surface area (Å²) in [7, 11) is 0. The third-order valence-electron chi connectivity index (χ3n) is 2.33. The first-order valence-electron chi connectivity index (χ1n) is 7.40. The second kappa shape index (κ2) is 13.4. The molecule has 0 aromatic heterocycles. The van der Waals surface area contributed by atoms with Gasteiger partial charge in [0.15, 0.2) is 0 Å². The minimum atomic E-state index is 1.31. The summed E-state index contributed by atoms with van der Waals surface area (Å²) in [5, 5.41) is 2.62. The third kappa shape index (κ3) is 7.38. The molecule has 0 saturated heterocycles. The summed E-state index contributed by atoms with van der Waals surface area (Å²) in [6.07, 6.45) is 0. The molecule has 0 atom stereocenters. The van der Waals surface area contributed by atoms with Crippen molar-refractivity contribution in [1.29, 1.82) is 0 Å². The fraction of sp³-hybridized carbons (Fsp3) is 0.200. The van der Waals surface area contributed by atoms with Gasteiger partial charge in [-0.25, -0.2) is 0 Å². The van der Waals surface area contributed by atoms with Gasteiger partial charge in [-0.1, -0.05) is 113 Å². The van der Waals surface area contributed by atoms with Crippen LogP contribution in [-0.2, 0) is 0 Å². The van der Waals surface area contributed by atoms with E-state index in [1.54, 1.807) is 0 Å². The number of benzene rings is 3. The van der Waals surface area contributed by atoms with E-state index in [1.165, 1.54) is 10.8 Å². The molecule has 0 spiro atoms. The molecule has 3 rings (SSSR count). The van der Waals surface area contributed by atoms with Crippen molar-refractivity contribution < 1.29 is 0 Å². The zero-order valence-corrected chi connectivity index (χ0v) is 13.1. The molecule has 0 unspecified atom stereocenters. The van der Waals surface area contributed by atoms with E-state index in [4.69, 9.17) is 0 Å². The van der Waals surface area contributed by atoms with Crippen molar-refractivity contribution in [3.05, 3.63) is 84.9 Å². The maximum atomic E-state index is 2.12. The van der Waals surface area contributed by atoms with Gasteiger partial charge in [-0.3, -0.25) is 0 Å².